The van der Waals surface area contributed by atoms with Gasteiger partial charge in [-0.2, -0.15) is 0 Å². The average molecular weight is 266 g/mol. The number of ether oxygens (including phenoxy) is 1. The Kier molecular flexibility index (Phi) is 3.41. The first-order valence-electron chi connectivity index (χ1n) is 7.42. The number of Topliss-reactive ketones (excluding diaryl/α,β-unsaturated/α-hetero) is 2. The maximum atomic E-state index is 12.7. The number of hydrogen-bond acceptors (Lipinski definition) is 3. The predicted molar refractivity (Wildman–Crippen MR) is 73.9 cm³/mol. The summed E-state index contributed by atoms with van der Waals surface area (Å²) in [4.78, 5) is 25.3. The summed E-state index contributed by atoms with van der Waals surface area (Å²) in [5, 5.41) is 0. The predicted octanol–water partition coefficient (Wildman–Crippen LogP) is 3.30. The molecule has 0 aromatic carbocycles. The minimum atomic E-state index is -0.939. The van der Waals surface area contributed by atoms with Crippen LogP contribution in [0.3, 0.4) is 0 Å². The van der Waals surface area contributed by atoms with Crippen molar-refractivity contribution in [3.8, 4) is 0 Å². The highest BCUT2D eigenvalue weighted by molar-refractivity contribution is 6.10. The number of carbonyl (C=O) groups excluding carboxylic acids is 2. The van der Waals surface area contributed by atoms with Crippen LogP contribution in [0.15, 0.2) is 0 Å². The van der Waals surface area contributed by atoms with Crippen LogP contribution in [-0.4, -0.2) is 23.3 Å². The van der Waals surface area contributed by atoms with Gasteiger partial charge in [-0.3, -0.25) is 9.59 Å². The van der Waals surface area contributed by atoms with Crippen molar-refractivity contribution >= 4 is 11.6 Å². The van der Waals surface area contributed by atoms with Crippen LogP contribution in [0.25, 0.3) is 0 Å². The van der Waals surface area contributed by atoms with Crippen molar-refractivity contribution < 1.29 is 14.3 Å². The van der Waals surface area contributed by atoms with Gasteiger partial charge in [0.1, 0.15) is 5.41 Å². The highest BCUT2D eigenvalue weighted by Crippen LogP contribution is 2.52. The molecule has 2 saturated heterocycles. The first kappa shape index (κ1) is 14.7. The van der Waals surface area contributed by atoms with Gasteiger partial charge in [-0.15, -0.1) is 0 Å². The molecule has 3 heteroatoms. The number of hydrogen-bond donors (Lipinski definition) is 0. The van der Waals surface area contributed by atoms with Crippen molar-refractivity contribution in [3.63, 3.8) is 0 Å². The summed E-state index contributed by atoms with van der Waals surface area (Å²) in [5.41, 5.74) is -1.71. The third-order valence-electron chi connectivity index (χ3n) is 4.82. The van der Waals surface area contributed by atoms with Gasteiger partial charge in [0.15, 0.2) is 11.6 Å². The topological polar surface area (TPSA) is 43.4 Å². The maximum Gasteiger partial charge on any atom is 0.154 e. The van der Waals surface area contributed by atoms with Crippen LogP contribution in [0.1, 0.15) is 66.7 Å². The van der Waals surface area contributed by atoms with Crippen LogP contribution in [-0.2, 0) is 14.3 Å². The Morgan fingerprint density at radius 3 is 2.58 bits per heavy atom. The fourth-order valence-electron chi connectivity index (χ4n) is 3.79. The van der Waals surface area contributed by atoms with Crippen molar-refractivity contribution in [2.24, 2.45) is 10.8 Å². The van der Waals surface area contributed by atoms with E-state index in [-0.39, 0.29) is 23.3 Å². The fraction of sp³-hybridized carbons (Fsp3) is 0.875. The molecule has 0 aliphatic carbocycles. The second kappa shape index (κ2) is 4.41. The van der Waals surface area contributed by atoms with Gasteiger partial charge in [-0.1, -0.05) is 34.1 Å². The molecule has 0 aromatic heterocycles. The van der Waals surface area contributed by atoms with Gasteiger partial charge >= 0.3 is 0 Å². The van der Waals surface area contributed by atoms with Gasteiger partial charge in [-0.05, 0) is 26.2 Å². The lowest BCUT2D eigenvalue weighted by Gasteiger charge is -2.44. The maximum absolute atomic E-state index is 12.7. The second-order valence-electron chi connectivity index (χ2n) is 7.46. The molecule has 2 rings (SSSR count). The Morgan fingerprint density at radius 1 is 1.42 bits per heavy atom. The molecule has 3 atom stereocenters. The largest absolute Gasteiger partial charge is 0.370 e. The summed E-state index contributed by atoms with van der Waals surface area (Å²) in [7, 11) is 0. The first-order chi connectivity index (χ1) is 8.66. The summed E-state index contributed by atoms with van der Waals surface area (Å²) in [6, 6.07) is 0. The van der Waals surface area contributed by atoms with Crippen LogP contribution < -0.4 is 0 Å². The highest BCUT2D eigenvalue weighted by Gasteiger charge is 2.61. The lowest BCUT2D eigenvalue weighted by atomic mass is 9.66. The number of ketones is 2. The SMILES string of the molecule is CCC[C@@]12CC[C@@H](O1)[C@@](C)(C(=O)C(C)(C)C)C(=O)C2. The van der Waals surface area contributed by atoms with Crippen molar-refractivity contribution in [2.75, 3.05) is 0 Å². The van der Waals surface area contributed by atoms with E-state index < -0.39 is 10.8 Å². The molecule has 19 heavy (non-hydrogen) atoms. The van der Waals surface area contributed by atoms with Gasteiger partial charge in [0.2, 0.25) is 0 Å². The molecule has 2 aliphatic rings. The fourth-order valence-corrected chi connectivity index (χ4v) is 3.79. The van der Waals surface area contributed by atoms with Gasteiger partial charge < -0.3 is 4.74 Å². The van der Waals surface area contributed by atoms with Gasteiger partial charge in [0.25, 0.3) is 0 Å². The summed E-state index contributed by atoms with van der Waals surface area (Å²) in [6.07, 6.45) is 3.90. The molecule has 0 radical (unpaired) electrons. The zero-order valence-corrected chi connectivity index (χ0v) is 12.8. The molecule has 2 fully saturated rings. The van der Waals surface area contributed by atoms with Crippen LogP contribution in [0.4, 0.5) is 0 Å². The molecule has 2 aliphatic heterocycles. The molecule has 2 heterocycles. The lowest BCUT2D eigenvalue weighted by molar-refractivity contribution is -0.176. The molecule has 0 aromatic rings. The van der Waals surface area contributed by atoms with Crippen molar-refractivity contribution in [2.45, 2.75) is 78.4 Å². The zero-order chi connectivity index (χ0) is 14.5. The molecular formula is C16H26O3. The summed E-state index contributed by atoms with van der Waals surface area (Å²) >= 11 is 0. The molecule has 2 bridgehead atoms. The van der Waals surface area contributed by atoms with Crippen LogP contribution >= 0.6 is 0 Å². The van der Waals surface area contributed by atoms with Gasteiger partial charge in [0, 0.05) is 11.8 Å². The Balaban J connectivity index is 2.32. The van der Waals surface area contributed by atoms with Gasteiger partial charge in [0.05, 0.1) is 11.7 Å². The molecule has 0 amide bonds. The van der Waals surface area contributed by atoms with E-state index >= 15 is 0 Å². The zero-order valence-electron chi connectivity index (χ0n) is 12.8. The Morgan fingerprint density at radius 2 is 2.05 bits per heavy atom. The van der Waals surface area contributed by atoms with Crippen LogP contribution in [0, 0.1) is 10.8 Å². The Bertz CT molecular complexity index is 407. The smallest absolute Gasteiger partial charge is 0.154 e. The molecule has 3 nitrogen and oxygen atoms in total. The van der Waals surface area contributed by atoms with E-state index in [0.29, 0.717) is 6.42 Å². The van der Waals surface area contributed by atoms with Crippen molar-refractivity contribution in [1.82, 2.24) is 0 Å². The Hall–Kier alpha value is -0.700. The number of rotatable bonds is 3. The molecule has 0 saturated carbocycles. The van der Waals surface area contributed by atoms with Gasteiger partial charge in [-0.25, -0.2) is 0 Å². The van der Waals surface area contributed by atoms with E-state index in [9.17, 15) is 9.59 Å². The van der Waals surface area contributed by atoms with Crippen LogP contribution in [0.2, 0.25) is 0 Å². The molecule has 0 unspecified atom stereocenters. The van der Waals surface area contributed by atoms with E-state index in [1.807, 2.05) is 20.8 Å². The van der Waals surface area contributed by atoms with Crippen molar-refractivity contribution in [3.05, 3.63) is 0 Å². The Labute approximate surface area is 116 Å². The molecule has 0 N–H and O–H groups in total. The third kappa shape index (κ3) is 2.16. The quantitative estimate of drug-likeness (QED) is 0.736. The molecule has 108 valence electrons. The molecular weight excluding hydrogens is 240 g/mol. The monoisotopic (exact) mass is 266 g/mol. The number of fused-ring (bicyclic) bond motifs is 2. The van der Waals surface area contributed by atoms with E-state index in [1.54, 1.807) is 6.92 Å². The normalized spacial score (nSPS) is 38.6. The average Bonchev–Trinajstić information content (AvgIpc) is 2.66. The van der Waals surface area contributed by atoms with Crippen molar-refractivity contribution in [1.29, 1.82) is 0 Å². The van der Waals surface area contributed by atoms with E-state index in [0.717, 1.165) is 25.7 Å². The molecule has 0 spiro atoms. The highest BCUT2D eigenvalue weighted by atomic mass is 16.5. The number of carbonyl (C=O) groups is 2. The lowest BCUT2D eigenvalue weighted by Crippen LogP contribution is -2.56. The summed E-state index contributed by atoms with van der Waals surface area (Å²) in [5.74, 6) is 0.122. The second-order valence-corrected chi connectivity index (χ2v) is 7.46. The van der Waals surface area contributed by atoms with E-state index in [1.165, 1.54) is 0 Å². The van der Waals surface area contributed by atoms with E-state index in [2.05, 4.69) is 6.92 Å². The minimum absolute atomic E-state index is 0.0296. The minimum Gasteiger partial charge on any atom is -0.370 e. The summed E-state index contributed by atoms with van der Waals surface area (Å²) in [6.45, 7) is 9.57. The standard InChI is InChI=1S/C16H26O3/c1-6-8-16-9-7-12(19-16)15(5,11(17)10-16)13(18)14(2,3)4/h12H,6-10H2,1-5H3/t12-,15+,16+/m1/s1. The third-order valence-corrected chi connectivity index (χ3v) is 4.82. The van der Waals surface area contributed by atoms with Crippen LogP contribution in [0.5, 0.6) is 0 Å². The first-order valence-corrected chi connectivity index (χ1v) is 7.42. The van der Waals surface area contributed by atoms with E-state index in [4.69, 9.17) is 4.74 Å². The summed E-state index contributed by atoms with van der Waals surface area (Å²) < 4.78 is 6.19.